The summed E-state index contributed by atoms with van der Waals surface area (Å²) in [5.41, 5.74) is 6.83. The highest BCUT2D eigenvalue weighted by molar-refractivity contribution is 6.11. The number of H-pyrrole nitrogens is 2. The van der Waals surface area contributed by atoms with Gasteiger partial charge in [0.05, 0.1) is 30.8 Å². The maximum absolute atomic E-state index is 13.2. The number of aryl methyl sites for hydroxylation is 2. The van der Waals surface area contributed by atoms with Crippen molar-refractivity contribution in [1.29, 1.82) is 0 Å². The molecule has 0 saturated carbocycles. The van der Waals surface area contributed by atoms with Gasteiger partial charge in [0.15, 0.2) is 0 Å². The largest absolute Gasteiger partial charge is 0.383 e. The smallest absolute Gasteiger partial charge is 0.242 e. The van der Waals surface area contributed by atoms with E-state index in [1.165, 1.54) is 16.5 Å². The number of benzene rings is 1. The Kier molecular flexibility index (Phi) is 3.86. The summed E-state index contributed by atoms with van der Waals surface area (Å²) in [5.74, 6) is 0.0146. The van der Waals surface area contributed by atoms with Crippen molar-refractivity contribution in [1.82, 2.24) is 15.2 Å². The van der Waals surface area contributed by atoms with Gasteiger partial charge in [-0.1, -0.05) is 0 Å². The van der Waals surface area contributed by atoms with Crippen LogP contribution < -0.4 is 4.90 Å². The summed E-state index contributed by atoms with van der Waals surface area (Å²) in [6.07, 6.45) is 5.01. The van der Waals surface area contributed by atoms with Crippen LogP contribution in [0.25, 0.3) is 22.3 Å². The molecule has 3 heterocycles. The lowest BCUT2D eigenvalue weighted by molar-refractivity contribution is -0.127. The SMILES string of the molecule is COCC1(COC)C(=O)N(C)c2cc3c4c([nH]c3cc21)-c1[nH]ncc1CCC4. The van der Waals surface area contributed by atoms with Gasteiger partial charge in [0.25, 0.3) is 0 Å². The van der Waals surface area contributed by atoms with Gasteiger partial charge in [-0.3, -0.25) is 9.89 Å². The molecule has 0 bridgehead atoms. The van der Waals surface area contributed by atoms with Crippen LogP contribution >= 0.6 is 0 Å². The van der Waals surface area contributed by atoms with E-state index in [9.17, 15) is 4.79 Å². The minimum Gasteiger partial charge on any atom is -0.383 e. The van der Waals surface area contributed by atoms with E-state index in [1.54, 1.807) is 19.1 Å². The summed E-state index contributed by atoms with van der Waals surface area (Å²) in [5, 5.41) is 8.57. The molecule has 1 aliphatic carbocycles. The predicted octanol–water partition coefficient (Wildman–Crippen LogP) is 2.55. The molecule has 2 N–H and O–H groups in total. The Morgan fingerprint density at radius 2 is 1.96 bits per heavy atom. The van der Waals surface area contributed by atoms with Gasteiger partial charge in [-0.25, -0.2) is 0 Å². The average Bonchev–Trinajstić information content (AvgIpc) is 3.31. The lowest BCUT2D eigenvalue weighted by Crippen LogP contribution is -2.45. The van der Waals surface area contributed by atoms with Gasteiger partial charge in [0.2, 0.25) is 5.91 Å². The summed E-state index contributed by atoms with van der Waals surface area (Å²) in [6.45, 7) is 0.571. The number of fused-ring (bicyclic) bond motifs is 6. The molecule has 1 aromatic carbocycles. The van der Waals surface area contributed by atoms with E-state index in [0.717, 1.165) is 47.4 Å². The van der Waals surface area contributed by atoms with Crippen LogP contribution in [0, 0.1) is 0 Å². The second-order valence-electron chi connectivity index (χ2n) is 7.83. The number of rotatable bonds is 4. The summed E-state index contributed by atoms with van der Waals surface area (Å²) in [4.78, 5) is 18.5. The lowest BCUT2D eigenvalue weighted by Gasteiger charge is -2.26. The zero-order valence-corrected chi connectivity index (χ0v) is 16.4. The number of nitrogens with zero attached hydrogens (tertiary/aromatic N) is 2. The highest BCUT2D eigenvalue weighted by Crippen LogP contribution is 2.46. The Morgan fingerprint density at radius 3 is 2.71 bits per heavy atom. The quantitative estimate of drug-likeness (QED) is 0.729. The van der Waals surface area contributed by atoms with Gasteiger partial charge in [-0.2, -0.15) is 5.10 Å². The van der Waals surface area contributed by atoms with E-state index in [1.807, 2.05) is 13.2 Å². The number of aromatic amines is 2. The third-order valence-corrected chi connectivity index (χ3v) is 6.24. The number of hydrogen-bond acceptors (Lipinski definition) is 4. The van der Waals surface area contributed by atoms with Gasteiger partial charge >= 0.3 is 0 Å². The Morgan fingerprint density at radius 1 is 1.18 bits per heavy atom. The van der Waals surface area contributed by atoms with Gasteiger partial charge in [-0.15, -0.1) is 0 Å². The van der Waals surface area contributed by atoms with Crippen molar-refractivity contribution in [3.63, 3.8) is 0 Å². The zero-order valence-electron chi connectivity index (χ0n) is 16.4. The molecule has 0 atom stereocenters. The molecule has 5 rings (SSSR count). The van der Waals surface area contributed by atoms with Crippen molar-refractivity contribution >= 4 is 22.5 Å². The van der Waals surface area contributed by atoms with E-state index in [2.05, 4.69) is 27.3 Å². The first-order valence-electron chi connectivity index (χ1n) is 9.58. The summed E-state index contributed by atoms with van der Waals surface area (Å²) >= 11 is 0. The van der Waals surface area contributed by atoms with Gasteiger partial charge in [0, 0.05) is 37.9 Å². The molecular formula is C21H24N4O3. The molecule has 0 spiro atoms. The van der Waals surface area contributed by atoms with E-state index >= 15 is 0 Å². The minimum atomic E-state index is -0.816. The topological polar surface area (TPSA) is 83.2 Å². The Balaban J connectivity index is 1.76. The molecule has 2 aliphatic rings. The van der Waals surface area contributed by atoms with Crippen LogP contribution in [0.3, 0.4) is 0 Å². The number of nitrogens with one attached hydrogen (secondary N) is 2. The van der Waals surface area contributed by atoms with Crippen molar-refractivity contribution in [2.75, 3.05) is 39.4 Å². The second-order valence-corrected chi connectivity index (χ2v) is 7.83. The fraction of sp³-hybridized carbons (Fsp3) is 0.429. The Hall–Kier alpha value is -2.64. The van der Waals surface area contributed by atoms with Gasteiger partial charge in [0.1, 0.15) is 5.41 Å². The number of ether oxygens (including phenoxy) is 2. The van der Waals surface area contributed by atoms with Crippen molar-refractivity contribution < 1.29 is 14.3 Å². The van der Waals surface area contributed by atoms with E-state index in [0.29, 0.717) is 0 Å². The monoisotopic (exact) mass is 380 g/mol. The lowest BCUT2D eigenvalue weighted by atomic mass is 9.82. The Labute approximate surface area is 163 Å². The highest BCUT2D eigenvalue weighted by atomic mass is 16.5. The van der Waals surface area contributed by atoms with E-state index in [4.69, 9.17) is 9.47 Å². The summed E-state index contributed by atoms with van der Waals surface area (Å²) in [7, 11) is 5.08. The first-order valence-corrected chi connectivity index (χ1v) is 9.58. The van der Waals surface area contributed by atoms with Crippen molar-refractivity contribution in [3.8, 4) is 11.4 Å². The second kappa shape index (κ2) is 6.18. The number of aromatic nitrogens is 3. The van der Waals surface area contributed by atoms with Crippen LogP contribution in [0.4, 0.5) is 5.69 Å². The maximum Gasteiger partial charge on any atom is 0.242 e. The molecule has 1 aliphatic heterocycles. The van der Waals surface area contributed by atoms with Crippen molar-refractivity contribution in [2.24, 2.45) is 0 Å². The van der Waals surface area contributed by atoms with Crippen LogP contribution in [0.1, 0.15) is 23.1 Å². The first-order chi connectivity index (χ1) is 13.6. The first kappa shape index (κ1) is 17.5. The molecule has 0 saturated heterocycles. The Bertz CT molecular complexity index is 1070. The van der Waals surface area contributed by atoms with Crippen molar-refractivity contribution in [3.05, 3.63) is 35.0 Å². The molecule has 0 unspecified atom stereocenters. The maximum atomic E-state index is 13.2. The number of anilines is 1. The zero-order chi connectivity index (χ0) is 19.5. The van der Waals surface area contributed by atoms with E-state index < -0.39 is 5.41 Å². The molecule has 0 radical (unpaired) electrons. The summed E-state index contributed by atoms with van der Waals surface area (Å²) in [6, 6.07) is 4.25. The third kappa shape index (κ3) is 2.17. The van der Waals surface area contributed by atoms with Crippen molar-refractivity contribution in [2.45, 2.75) is 24.7 Å². The van der Waals surface area contributed by atoms with Crippen LogP contribution in [-0.2, 0) is 32.5 Å². The molecule has 28 heavy (non-hydrogen) atoms. The number of likely N-dealkylation sites (N-methyl/N-ethyl adjacent to an activating group) is 1. The number of methoxy groups -OCH3 is 2. The fourth-order valence-corrected chi connectivity index (χ4v) is 4.95. The van der Waals surface area contributed by atoms with Crippen LogP contribution in [0.5, 0.6) is 0 Å². The number of carbonyl (C=O) groups excluding carboxylic acids is 1. The van der Waals surface area contributed by atoms with Crippen LogP contribution in [0.15, 0.2) is 18.3 Å². The normalized spacial score (nSPS) is 17.5. The van der Waals surface area contributed by atoms with Crippen LogP contribution in [-0.4, -0.2) is 55.6 Å². The standard InChI is InChI=1S/C21H24N4O3/c1-25-17-7-14-13-6-4-5-12-9-22-24-18(12)19(13)23-16(14)8-15(17)21(10-27-2,11-28-3)20(25)26/h7-9,23H,4-6,10-11H2,1-3H3,(H,22,24). The number of hydrogen-bond donors (Lipinski definition) is 2. The average molecular weight is 380 g/mol. The molecule has 7 nitrogen and oxygen atoms in total. The predicted molar refractivity (Wildman–Crippen MR) is 107 cm³/mol. The number of amides is 1. The molecule has 0 fully saturated rings. The van der Waals surface area contributed by atoms with E-state index in [-0.39, 0.29) is 19.1 Å². The summed E-state index contributed by atoms with van der Waals surface area (Å²) < 4.78 is 10.9. The molecule has 7 heteroatoms. The fourth-order valence-electron chi connectivity index (χ4n) is 4.95. The molecule has 146 valence electrons. The van der Waals surface area contributed by atoms with Crippen LogP contribution in [0.2, 0.25) is 0 Å². The molecule has 3 aromatic rings. The third-order valence-electron chi connectivity index (χ3n) is 6.24. The van der Waals surface area contributed by atoms with Gasteiger partial charge < -0.3 is 19.4 Å². The van der Waals surface area contributed by atoms with Gasteiger partial charge in [-0.05, 0) is 48.1 Å². The minimum absolute atomic E-state index is 0.0146. The molecule has 1 amide bonds. The molecular weight excluding hydrogens is 356 g/mol. The highest BCUT2D eigenvalue weighted by Gasteiger charge is 2.50. The number of carbonyl (C=O) groups is 1. The molecule has 2 aromatic heterocycles.